The van der Waals surface area contributed by atoms with Crippen LogP contribution in [0.5, 0.6) is 51.7 Å². The van der Waals surface area contributed by atoms with E-state index in [1.54, 1.807) is 0 Å². The average Bonchev–Trinajstić information content (AvgIpc) is 1.64. The van der Waals surface area contributed by atoms with E-state index in [1.807, 2.05) is 227 Å². The number of fused-ring (bicyclic) bond motifs is 2. The Labute approximate surface area is 742 Å². The molecule has 660 valence electrons. The summed E-state index contributed by atoms with van der Waals surface area (Å²) in [5, 5.41) is 20.7. The molecular formula is C101H102N6O20Si. The Hall–Kier alpha value is -13.1. The van der Waals surface area contributed by atoms with Gasteiger partial charge in [-0.1, -0.05) is 84.9 Å². The molecule has 19 rings (SSSR count). The molecule has 5 unspecified atom stereocenters. The van der Waals surface area contributed by atoms with Gasteiger partial charge in [0, 0.05) is 83.2 Å². The molecule has 0 aliphatic carbocycles. The Bertz CT molecular complexity index is 5870. The van der Waals surface area contributed by atoms with Gasteiger partial charge in [-0.05, 0) is 234 Å². The highest BCUT2D eigenvalue weighted by Crippen LogP contribution is 2.40. The fourth-order valence-corrected chi connectivity index (χ4v) is 16.6. The number of epoxide rings is 5. The highest BCUT2D eigenvalue weighted by molar-refractivity contribution is 6.60. The van der Waals surface area contributed by atoms with Gasteiger partial charge in [-0.3, -0.25) is 14.4 Å². The molecule has 5 saturated heterocycles. The largest absolute Gasteiger partial charge is 0.501 e. The van der Waals surface area contributed by atoms with Crippen molar-refractivity contribution in [2.45, 2.75) is 76.6 Å². The quantitative estimate of drug-likeness (QED) is 0.0105. The topological polar surface area (TPSA) is 299 Å². The first-order chi connectivity index (χ1) is 62.9. The second kappa shape index (κ2) is 43.9. The van der Waals surface area contributed by atoms with E-state index in [0.29, 0.717) is 120 Å². The third kappa shape index (κ3) is 26.1. The Kier molecular flexibility index (Phi) is 30.3. The van der Waals surface area contributed by atoms with Gasteiger partial charge in [0.15, 0.2) is 6.29 Å². The van der Waals surface area contributed by atoms with Crippen molar-refractivity contribution >= 4 is 116 Å². The molecule has 6 heterocycles. The van der Waals surface area contributed by atoms with Gasteiger partial charge in [-0.15, -0.1) is 0 Å². The van der Waals surface area contributed by atoms with Crippen LogP contribution in [0.3, 0.4) is 0 Å². The van der Waals surface area contributed by atoms with Crippen molar-refractivity contribution in [1.82, 2.24) is 15.0 Å². The van der Waals surface area contributed by atoms with Crippen LogP contribution < -0.4 is 58.6 Å². The standard InChI is InChI=1S/C35H44N6O7Si.C29H24O5.C23H22O5.C14H12O3/c1-4-46-49(47-5-2,48-6-3)20-19-25-7-9-26(10-8-25)36-33-39-34(37-27-11-15-29(16-12-27)42-21-31-23-44-31)41-35(40-33)38-28-13-17-30(18-14-28)43-22-32-24-45-32;30-16-21-3-2-19-5-12-26-27(13-6-20-4-11-25(21)28(19)29(20)26)32-15-1-14-31-22-7-9-23(10-8-22)33-17-24-18-34-24;24-14-17-2-3-19-13-22(5-4-18(19)12-17)26-11-1-10-25-20-6-8-21(9-7-20)27-15-23-16-28-23;15-7-10-1-2-12-6-13(4-3-11(12)5-10)16-8-14-9-17-14/h7-18,31-32H,4-6,19-24H2,1-3H3,(H3,36,37,38,39,40,41);2-13,16,24H,1,14-15,17-18H2;2-9,12-14,23H,1,10-11,15-16H2;1-7,14H,8-9H2. The number of anilines is 6. The number of carbonyl (C=O) groups excluding carboxylic acids is 3. The maximum absolute atomic E-state index is 11.6. The summed E-state index contributed by atoms with van der Waals surface area (Å²) in [5.74, 6) is 8.40. The van der Waals surface area contributed by atoms with Crippen LogP contribution in [-0.2, 0) is 43.4 Å². The van der Waals surface area contributed by atoms with Crippen molar-refractivity contribution in [2.24, 2.45) is 0 Å². The molecule has 3 N–H and O–H groups in total. The van der Waals surface area contributed by atoms with E-state index in [1.165, 1.54) is 0 Å². The lowest BCUT2D eigenvalue weighted by Gasteiger charge is -2.28. The van der Waals surface area contributed by atoms with Crippen molar-refractivity contribution in [1.29, 1.82) is 0 Å². The van der Waals surface area contributed by atoms with Crippen molar-refractivity contribution in [3.63, 3.8) is 0 Å². The van der Waals surface area contributed by atoms with Crippen LogP contribution in [-0.4, -0.2) is 185 Å². The minimum absolute atomic E-state index is 0.194. The second-order valence-corrected chi connectivity index (χ2v) is 33.5. The van der Waals surface area contributed by atoms with Gasteiger partial charge in [0.05, 0.1) is 59.5 Å². The van der Waals surface area contributed by atoms with Gasteiger partial charge >= 0.3 is 8.80 Å². The Morgan fingerprint density at radius 3 is 1.04 bits per heavy atom. The lowest BCUT2D eigenvalue weighted by atomic mass is 9.92. The molecule has 5 atom stereocenters. The molecule has 1 aromatic heterocycles. The average molecular weight is 1750 g/mol. The summed E-state index contributed by atoms with van der Waals surface area (Å²) in [7, 11) is -2.73. The van der Waals surface area contributed by atoms with E-state index >= 15 is 0 Å². The number of nitrogens with zero attached hydrogens (tertiary/aromatic N) is 3. The van der Waals surface area contributed by atoms with E-state index in [-0.39, 0.29) is 30.5 Å². The zero-order valence-electron chi connectivity index (χ0n) is 71.6. The van der Waals surface area contributed by atoms with Gasteiger partial charge in [0.2, 0.25) is 17.8 Å². The predicted molar refractivity (Wildman–Crippen MR) is 493 cm³/mol. The molecule has 0 amide bonds. The SMILES string of the molecule is CCO[Si](CCc1ccc(Nc2nc(Nc3ccc(OCC4CO4)cc3)nc(Nc3ccc(OCC4CO4)cc3)n2)cc1)(OCC)OCC.O=Cc1ccc2cc(OCC3CO3)ccc2c1.O=Cc1ccc2cc(OCCCOc3ccc(OCC4CO4)cc3)ccc2c1.O=Cc1ccc2ccc3c(OCCCOc4ccc(OCC5CO5)cc4)ccc4ccc1c2c43. The van der Waals surface area contributed by atoms with E-state index in [4.69, 9.17) is 79.6 Å². The van der Waals surface area contributed by atoms with Crippen molar-refractivity contribution in [2.75, 3.05) is 128 Å². The highest BCUT2D eigenvalue weighted by Gasteiger charge is 2.40. The van der Waals surface area contributed by atoms with Crippen LogP contribution in [0.2, 0.25) is 6.04 Å². The molecule has 26 nitrogen and oxygen atoms in total. The van der Waals surface area contributed by atoms with Crippen LogP contribution in [0.15, 0.2) is 243 Å². The number of benzene rings is 13. The number of aromatic nitrogens is 3. The maximum Gasteiger partial charge on any atom is 0.501 e. The summed E-state index contributed by atoms with van der Waals surface area (Å²) in [6, 6.07) is 78.6. The number of hydrogen-bond donors (Lipinski definition) is 3. The molecule has 14 aromatic rings. The number of carbonyl (C=O) groups is 3. The number of nitrogens with one attached hydrogen (secondary N) is 3. The molecule has 0 spiro atoms. The Morgan fingerprint density at radius 1 is 0.328 bits per heavy atom. The van der Waals surface area contributed by atoms with Crippen LogP contribution in [0.4, 0.5) is 34.9 Å². The lowest BCUT2D eigenvalue weighted by Crippen LogP contribution is -2.46. The molecule has 27 heteroatoms. The van der Waals surface area contributed by atoms with Crippen LogP contribution in [0.1, 0.15) is 70.3 Å². The van der Waals surface area contributed by atoms with E-state index in [0.717, 1.165) is 199 Å². The van der Waals surface area contributed by atoms with E-state index in [2.05, 4.69) is 67.3 Å². The Balaban J connectivity index is 0.000000133. The number of hydrogen-bond acceptors (Lipinski definition) is 26. The number of ether oxygens (including phenoxy) is 14. The fourth-order valence-electron chi connectivity index (χ4n) is 14.0. The number of aryl methyl sites for hydroxylation is 1. The molecule has 0 saturated carbocycles. The van der Waals surface area contributed by atoms with Gasteiger partial charge < -0.3 is 95.5 Å². The van der Waals surface area contributed by atoms with E-state index < -0.39 is 8.80 Å². The molecule has 5 aliphatic rings. The minimum atomic E-state index is -2.73. The summed E-state index contributed by atoms with van der Waals surface area (Å²) in [4.78, 5) is 47.0. The lowest BCUT2D eigenvalue weighted by molar-refractivity contribution is 0.0713. The monoisotopic (exact) mass is 1750 g/mol. The smallest absolute Gasteiger partial charge is 0.493 e. The summed E-state index contributed by atoms with van der Waals surface area (Å²) in [6.07, 6.45) is 6.10. The van der Waals surface area contributed by atoms with Gasteiger partial charge in [-0.25, -0.2) is 0 Å². The zero-order valence-corrected chi connectivity index (χ0v) is 72.6. The fraction of sp³-hybridized carbons (Fsp3) is 0.287. The van der Waals surface area contributed by atoms with Crippen molar-refractivity contribution in [3.05, 3.63) is 265 Å². The Morgan fingerprint density at radius 2 is 0.641 bits per heavy atom. The normalized spacial score (nSPS) is 16.1. The zero-order chi connectivity index (χ0) is 87.6. The van der Waals surface area contributed by atoms with Gasteiger partial charge in [0.25, 0.3) is 0 Å². The van der Waals surface area contributed by atoms with Gasteiger partial charge in [0.1, 0.15) is 128 Å². The summed E-state index contributed by atoms with van der Waals surface area (Å²) < 4.78 is 95.8. The van der Waals surface area contributed by atoms with Crippen LogP contribution >= 0.6 is 0 Å². The highest BCUT2D eigenvalue weighted by atomic mass is 28.4. The van der Waals surface area contributed by atoms with E-state index in [9.17, 15) is 14.4 Å². The predicted octanol–water partition coefficient (Wildman–Crippen LogP) is 19.0. The van der Waals surface area contributed by atoms with Crippen molar-refractivity contribution < 1.29 is 94.0 Å². The maximum atomic E-state index is 11.6. The molecule has 5 aliphatic heterocycles. The third-order valence-corrected chi connectivity index (χ3v) is 24.1. The molecule has 13 aromatic carbocycles. The van der Waals surface area contributed by atoms with Crippen molar-refractivity contribution in [3.8, 4) is 51.7 Å². The first-order valence-corrected chi connectivity index (χ1v) is 45.2. The third-order valence-electron chi connectivity index (χ3n) is 21.1. The molecule has 0 bridgehead atoms. The van der Waals surface area contributed by atoms with Crippen LogP contribution in [0, 0.1) is 0 Å². The first-order valence-electron chi connectivity index (χ1n) is 43.3. The summed E-state index contributed by atoms with van der Waals surface area (Å²) in [6.45, 7) is 16.6. The summed E-state index contributed by atoms with van der Waals surface area (Å²) in [5.41, 5.74) is 5.66. The summed E-state index contributed by atoms with van der Waals surface area (Å²) >= 11 is 0. The number of rotatable bonds is 45. The molecule has 128 heavy (non-hydrogen) atoms. The van der Waals surface area contributed by atoms with Gasteiger partial charge in [-0.2, -0.15) is 15.0 Å². The second-order valence-electron chi connectivity index (χ2n) is 30.8. The molecule has 5 fully saturated rings. The minimum Gasteiger partial charge on any atom is -0.493 e. The molecular weight excluding hydrogens is 1650 g/mol. The molecule has 0 radical (unpaired) electrons. The number of aldehydes is 3. The first kappa shape index (κ1) is 88.4. The van der Waals surface area contributed by atoms with Crippen LogP contribution in [0.25, 0.3) is 53.9 Å².